The second-order valence-corrected chi connectivity index (χ2v) is 4.86. The number of carbonyl (C=O) groups excluding carboxylic acids is 1. The van der Waals surface area contributed by atoms with Crippen molar-refractivity contribution in [1.29, 1.82) is 0 Å². The summed E-state index contributed by atoms with van der Waals surface area (Å²) in [5, 5.41) is 4.18. The van der Waals surface area contributed by atoms with Gasteiger partial charge in [0.15, 0.2) is 0 Å². The Bertz CT molecular complexity index is 557. The monoisotopic (exact) mass is 244 g/mol. The van der Waals surface area contributed by atoms with Crippen molar-refractivity contribution in [3.63, 3.8) is 0 Å². The minimum Gasteiger partial charge on any atom is -0.361 e. The molecule has 0 bridgehead atoms. The first-order valence-corrected chi connectivity index (χ1v) is 6.46. The molecule has 1 aromatic heterocycles. The minimum absolute atomic E-state index is 0.0912. The number of fused-ring (bicyclic) bond motifs is 1. The molecule has 3 nitrogen and oxygen atoms in total. The Morgan fingerprint density at radius 1 is 1.44 bits per heavy atom. The Morgan fingerprint density at radius 3 is 2.94 bits per heavy atom. The van der Waals surface area contributed by atoms with Crippen LogP contribution in [0.4, 0.5) is 0 Å². The Hall–Kier alpha value is -1.77. The van der Waals surface area contributed by atoms with Gasteiger partial charge in [-0.25, -0.2) is 0 Å². The highest BCUT2D eigenvalue weighted by atomic mass is 16.1. The predicted molar refractivity (Wildman–Crippen MR) is 74.6 cm³/mol. The molecule has 2 aromatic rings. The van der Waals surface area contributed by atoms with Gasteiger partial charge in [-0.1, -0.05) is 19.1 Å². The fourth-order valence-corrected chi connectivity index (χ4v) is 2.19. The highest BCUT2D eigenvalue weighted by Gasteiger charge is 2.11. The molecule has 0 aliphatic rings. The minimum atomic E-state index is 0.0912. The summed E-state index contributed by atoms with van der Waals surface area (Å²) in [6, 6.07) is 6.38. The quantitative estimate of drug-likeness (QED) is 0.853. The summed E-state index contributed by atoms with van der Waals surface area (Å²) in [5.74, 6) is 0.0912. The van der Waals surface area contributed by atoms with E-state index in [4.69, 9.17) is 0 Å². The van der Waals surface area contributed by atoms with Crippen LogP contribution in [0.3, 0.4) is 0 Å². The average molecular weight is 244 g/mol. The molecular weight excluding hydrogens is 224 g/mol. The first-order valence-electron chi connectivity index (χ1n) is 6.46. The smallest absolute Gasteiger partial charge is 0.224 e. The predicted octanol–water partition coefficient (Wildman–Crippen LogP) is 2.93. The second-order valence-electron chi connectivity index (χ2n) is 4.86. The van der Waals surface area contributed by atoms with Crippen LogP contribution in [0.15, 0.2) is 24.4 Å². The van der Waals surface area contributed by atoms with Gasteiger partial charge in [0, 0.05) is 23.1 Å². The van der Waals surface area contributed by atoms with Crippen molar-refractivity contribution in [2.45, 2.75) is 39.7 Å². The number of hydrogen-bond acceptors (Lipinski definition) is 1. The van der Waals surface area contributed by atoms with Crippen LogP contribution in [0.2, 0.25) is 0 Å². The van der Waals surface area contributed by atoms with Gasteiger partial charge >= 0.3 is 0 Å². The molecule has 0 spiro atoms. The summed E-state index contributed by atoms with van der Waals surface area (Å²) in [4.78, 5) is 15.1. The van der Waals surface area contributed by atoms with Gasteiger partial charge in [0.1, 0.15) is 0 Å². The van der Waals surface area contributed by atoms with Gasteiger partial charge < -0.3 is 10.3 Å². The Balaban J connectivity index is 2.19. The number of H-pyrrole nitrogens is 1. The van der Waals surface area contributed by atoms with E-state index in [0.29, 0.717) is 6.42 Å². The number of amides is 1. The summed E-state index contributed by atoms with van der Waals surface area (Å²) in [5.41, 5.74) is 3.38. The SMILES string of the molecule is CCC(C)NC(=O)Cc1c[nH]c2cccc(C)c12. The van der Waals surface area contributed by atoms with E-state index in [-0.39, 0.29) is 11.9 Å². The van der Waals surface area contributed by atoms with E-state index >= 15 is 0 Å². The first kappa shape index (κ1) is 12.7. The van der Waals surface area contributed by atoms with Crippen LogP contribution >= 0.6 is 0 Å². The zero-order chi connectivity index (χ0) is 13.1. The number of nitrogens with one attached hydrogen (secondary N) is 2. The molecule has 0 radical (unpaired) electrons. The molecule has 1 atom stereocenters. The first-order chi connectivity index (χ1) is 8.61. The van der Waals surface area contributed by atoms with Crippen molar-refractivity contribution in [2.24, 2.45) is 0 Å². The average Bonchev–Trinajstić information content (AvgIpc) is 2.73. The Labute approximate surface area is 108 Å². The molecule has 3 heteroatoms. The standard InChI is InChI=1S/C15H20N2O/c1-4-11(3)17-14(18)8-12-9-16-13-7-5-6-10(2)15(12)13/h5-7,9,11,16H,4,8H2,1-3H3,(H,17,18). The second kappa shape index (κ2) is 5.25. The maximum Gasteiger partial charge on any atom is 0.224 e. The summed E-state index contributed by atoms with van der Waals surface area (Å²) < 4.78 is 0. The number of hydrogen-bond donors (Lipinski definition) is 2. The van der Waals surface area contributed by atoms with Crippen LogP contribution in [-0.4, -0.2) is 16.9 Å². The largest absolute Gasteiger partial charge is 0.361 e. The third-order valence-electron chi connectivity index (χ3n) is 3.37. The molecule has 96 valence electrons. The van der Waals surface area contributed by atoms with Gasteiger partial charge in [-0.2, -0.15) is 0 Å². The van der Waals surface area contributed by atoms with E-state index in [1.54, 1.807) is 0 Å². The maximum atomic E-state index is 11.9. The molecule has 1 unspecified atom stereocenters. The summed E-state index contributed by atoms with van der Waals surface area (Å²) >= 11 is 0. The van der Waals surface area contributed by atoms with Gasteiger partial charge in [-0.3, -0.25) is 4.79 Å². The summed E-state index contributed by atoms with van der Waals surface area (Å²) in [6.45, 7) is 6.17. The van der Waals surface area contributed by atoms with Gasteiger partial charge in [0.25, 0.3) is 0 Å². The molecule has 1 heterocycles. The zero-order valence-corrected chi connectivity index (χ0v) is 11.2. The third kappa shape index (κ3) is 2.55. The highest BCUT2D eigenvalue weighted by Crippen LogP contribution is 2.22. The van der Waals surface area contributed by atoms with Crippen molar-refractivity contribution in [2.75, 3.05) is 0 Å². The summed E-state index contributed by atoms with van der Waals surface area (Å²) in [6.07, 6.45) is 3.34. The molecule has 2 rings (SSSR count). The molecule has 0 saturated carbocycles. The van der Waals surface area contributed by atoms with Crippen molar-refractivity contribution in [3.8, 4) is 0 Å². The number of carbonyl (C=O) groups is 1. The lowest BCUT2D eigenvalue weighted by Crippen LogP contribution is -2.33. The maximum absolute atomic E-state index is 11.9. The highest BCUT2D eigenvalue weighted by molar-refractivity contribution is 5.91. The number of benzene rings is 1. The number of aromatic amines is 1. The lowest BCUT2D eigenvalue weighted by atomic mass is 10.1. The van der Waals surface area contributed by atoms with Crippen LogP contribution in [0.1, 0.15) is 31.4 Å². The van der Waals surface area contributed by atoms with Crippen LogP contribution in [0.25, 0.3) is 10.9 Å². The number of rotatable bonds is 4. The van der Waals surface area contributed by atoms with Crippen molar-refractivity contribution < 1.29 is 4.79 Å². The van der Waals surface area contributed by atoms with Gasteiger partial charge in [-0.05, 0) is 37.5 Å². The summed E-state index contributed by atoms with van der Waals surface area (Å²) in [7, 11) is 0. The van der Waals surface area contributed by atoms with E-state index in [1.807, 2.05) is 25.3 Å². The molecular formula is C15H20N2O. The zero-order valence-electron chi connectivity index (χ0n) is 11.2. The fourth-order valence-electron chi connectivity index (χ4n) is 2.19. The molecule has 0 aliphatic heterocycles. The topological polar surface area (TPSA) is 44.9 Å². The molecule has 0 aliphatic carbocycles. The molecule has 2 N–H and O–H groups in total. The van der Waals surface area contributed by atoms with Crippen molar-refractivity contribution >= 4 is 16.8 Å². The van der Waals surface area contributed by atoms with E-state index < -0.39 is 0 Å². The lowest BCUT2D eigenvalue weighted by molar-refractivity contribution is -0.121. The van der Waals surface area contributed by atoms with Crippen molar-refractivity contribution in [1.82, 2.24) is 10.3 Å². The number of aryl methyl sites for hydroxylation is 1. The van der Waals surface area contributed by atoms with Gasteiger partial charge in [0.05, 0.1) is 6.42 Å². The molecule has 0 fully saturated rings. The Kier molecular flexibility index (Phi) is 3.70. The van der Waals surface area contributed by atoms with Gasteiger partial charge in [-0.15, -0.1) is 0 Å². The van der Waals surface area contributed by atoms with E-state index in [9.17, 15) is 4.79 Å². The molecule has 0 saturated heterocycles. The van der Waals surface area contributed by atoms with E-state index in [2.05, 4.69) is 30.2 Å². The normalized spacial score (nSPS) is 12.6. The lowest BCUT2D eigenvalue weighted by Gasteiger charge is -2.11. The van der Waals surface area contributed by atoms with Gasteiger partial charge in [0.2, 0.25) is 5.91 Å². The molecule has 1 aromatic carbocycles. The van der Waals surface area contributed by atoms with Crippen LogP contribution in [0, 0.1) is 6.92 Å². The molecule has 18 heavy (non-hydrogen) atoms. The van der Waals surface area contributed by atoms with Crippen LogP contribution < -0.4 is 5.32 Å². The van der Waals surface area contributed by atoms with Crippen LogP contribution in [0.5, 0.6) is 0 Å². The van der Waals surface area contributed by atoms with E-state index in [0.717, 1.165) is 17.5 Å². The molecule has 1 amide bonds. The van der Waals surface area contributed by atoms with E-state index in [1.165, 1.54) is 10.9 Å². The third-order valence-corrected chi connectivity index (χ3v) is 3.37. The van der Waals surface area contributed by atoms with Crippen molar-refractivity contribution in [3.05, 3.63) is 35.5 Å². The fraction of sp³-hybridized carbons (Fsp3) is 0.400. The van der Waals surface area contributed by atoms with Crippen LogP contribution in [-0.2, 0) is 11.2 Å². The Morgan fingerprint density at radius 2 is 2.22 bits per heavy atom. The number of aromatic nitrogens is 1.